The molecule has 0 radical (unpaired) electrons. The highest BCUT2D eigenvalue weighted by molar-refractivity contribution is 7.53. The van der Waals surface area contributed by atoms with Crippen molar-refractivity contribution in [2.75, 3.05) is 12.8 Å². The summed E-state index contributed by atoms with van der Waals surface area (Å²) in [5.74, 6) is 4.65. The van der Waals surface area contributed by atoms with Crippen LogP contribution in [0.25, 0.3) is 0 Å². The van der Waals surface area contributed by atoms with Crippen LogP contribution in [0, 0.1) is 24.7 Å². The molecule has 0 aliphatic carbocycles. The lowest BCUT2D eigenvalue weighted by molar-refractivity contribution is 0.131. The van der Waals surface area contributed by atoms with Crippen LogP contribution in [0.5, 0.6) is 0 Å². The van der Waals surface area contributed by atoms with E-state index in [1.165, 1.54) is 0 Å². The molecular formula is C12H17O3P. The van der Waals surface area contributed by atoms with Gasteiger partial charge in [-0.05, 0) is 20.3 Å². The zero-order valence-electron chi connectivity index (χ0n) is 9.73. The Balaban J connectivity index is 4.68. The van der Waals surface area contributed by atoms with E-state index in [0.717, 1.165) is 0 Å². The normalized spacial score (nSPS) is 14.5. The fourth-order valence-corrected chi connectivity index (χ4v) is 2.69. The molecule has 0 saturated carbocycles. The second-order valence-corrected chi connectivity index (χ2v) is 5.75. The Kier molecular flexibility index (Phi) is 6.16. The minimum Gasteiger partial charge on any atom is -0.295 e. The van der Waals surface area contributed by atoms with Crippen LogP contribution in [0.2, 0.25) is 0 Å². The van der Waals surface area contributed by atoms with Crippen LogP contribution in [0.15, 0.2) is 12.7 Å². The first-order valence-electron chi connectivity index (χ1n) is 4.85. The molecule has 0 aliphatic heterocycles. The molecule has 0 saturated heterocycles. The van der Waals surface area contributed by atoms with Crippen LogP contribution >= 0.6 is 7.60 Å². The lowest BCUT2D eigenvalue weighted by Crippen LogP contribution is -2.21. The van der Waals surface area contributed by atoms with Crippen molar-refractivity contribution >= 4 is 7.60 Å². The molecule has 0 aromatic heterocycles. The Morgan fingerprint density at radius 2 is 2.12 bits per heavy atom. The number of allylic oxidation sites excluding steroid dienone is 1. The van der Waals surface area contributed by atoms with Gasteiger partial charge in [0, 0.05) is 0 Å². The van der Waals surface area contributed by atoms with Crippen LogP contribution in [0.4, 0.5) is 0 Å². The monoisotopic (exact) mass is 240 g/mol. The molecule has 0 heterocycles. The van der Waals surface area contributed by atoms with Crippen LogP contribution in [0.3, 0.4) is 0 Å². The molecule has 16 heavy (non-hydrogen) atoms. The summed E-state index contributed by atoms with van der Waals surface area (Å²) >= 11 is 0. The van der Waals surface area contributed by atoms with Gasteiger partial charge in [-0.25, -0.2) is 0 Å². The topological polar surface area (TPSA) is 35.5 Å². The van der Waals surface area contributed by atoms with Crippen molar-refractivity contribution in [1.82, 2.24) is 0 Å². The first kappa shape index (κ1) is 15.0. The summed E-state index contributed by atoms with van der Waals surface area (Å²) in [5.41, 5.74) is -0.939. The average Bonchev–Trinajstić information content (AvgIpc) is 2.23. The summed E-state index contributed by atoms with van der Waals surface area (Å²) in [7, 11) is -3.25. The number of hydrogen-bond acceptors (Lipinski definition) is 3. The van der Waals surface area contributed by atoms with Gasteiger partial charge >= 0.3 is 7.60 Å². The highest BCUT2D eigenvalue weighted by atomic mass is 31.2. The minimum absolute atomic E-state index is 0.0604. The van der Waals surface area contributed by atoms with Crippen LogP contribution in [-0.4, -0.2) is 18.4 Å². The largest absolute Gasteiger partial charge is 0.333 e. The fourth-order valence-electron chi connectivity index (χ4n) is 0.896. The van der Waals surface area contributed by atoms with E-state index in [1.807, 2.05) is 0 Å². The molecule has 0 aromatic carbocycles. The van der Waals surface area contributed by atoms with Crippen LogP contribution in [-0.2, 0) is 13.6 Å². The van der Waals surface area contributed by atoms with E-state index in [4.69, 9.17) is 21.9 Å². The van der Waals surface area contributed by atoms with Gasteiger partial charge in [-0.15, -0.1) is 19.4 Å². The Labute approximate surface area is 97.8 Å². The molecule has 3 nitrogen and oxygen atoms in total. The van der Waals surface area contributed by atoms with Gasteiger partial charge in [-0.1, -0.05) is 17.9 Å². The van der Waals surface area contributed by atoms with Gasteiger partial charge < -0.3 is 0 Å². The third-order valence-electron chi connectivity index (χ3n) is 1.67. The molecule has 0 bridgehead atoms. The highest BCUT2D eigenvalue weighted by Gasteiger charge is 2.31. The first-order valence-corrected chi connectivity index (χ1v) is 6.58. The maximum absolute atomic E-state index is 12.2. The van der Waals surface area contributed by atoms with Gasteiger partial charge in [0.05, 0.1) is 6.16 Å². The maximum atomic E-state index is 12.2. The standard InChI is InChI=1S/C12H17O3P/c1-6-9-11-16(13,14-10-7-2)15-12(4,5)8-3/h2-3,6H,1,9-11H2,4-5H3. The summed E-state index contributed by atoms with van der Waals surface area (Å²) in [6.07, 6.45) is 12.7. The second-order valence-electron chi connectivity index (χ2n) is 3.64. The molecule has 0 amide bonds. The molecule has 88 valence electrons. The van der Waals surface area contributed by atoms with E-state index in [0.29, 0.717) is 6.42 Å². The van der Waals surface area contributed by atoms with E-state index in [2.05, 4.69) is 18.4 Å². The predicted molar refractivity (Wildman–Crippen MR) is 66.1 cm³/mol. The van der Waals surface area contributed by atoms with Crippen molar-refractivity contribution in [2.45, 2.75) is 25.9 Å². The molecule has 4 heteroatoms. The molecule has 0 rings (SSSR count). The predicted octanol–water partition coefficient (Wildman–Crippen LogP) is 2.83. The third kappa shape index (κ3) is 5.79. The van der Waals surface area contributed by atoms with Crippen LogP contribution in [0.1, 0.15) is 20.3 Å². The van der Waals surface area contributed by atoms with E-state index in [1.54, 1.807) is 19.9 Å². The molecular weight excluding hydrogens is 223 g/mol. The summed E-state index contributed by atoms with van der Waals surface area (Å²) in [6, 6.07) is 0. The lowest BCUT2D eigenvalue weighted by Gasteiger charge is -2.25. The van der Waals surface area contributed by atoms with E-state index in [9.17, 15) is 4.57 Å². The smallest absolute Gasteiger partial charge is 0.295 e. The fraction of sp³-hybridized carbons (Fsp3) is 0.500. The van der Waals surface area contributed by atoms with Gasteiger partial charge in [0.2, 0.25) is 0 Å². The Morgan fingerprint density at radius 1 is 1.50 bits per heavy atom. The van der Waals surface area contributed by atoms with Gasteiger partial charge in [-0.2, -0.15) is 0 Å². The Hall–Kier alpha value is -0.990. The lowest BCUT2D eigenvalue weighted by atomic mass is 10.2. The summed E-state index contributed by atoms with van der Waals surface area (Å²) < 4.78 is 22.6. The van der Waals surface area contributed by atoms with Gasteiger partial charge in [0.1, 0.15) is 12.2 Å². The van der Waals surface area contributed by atoms with Gasteiger partial charge in [0.25, 0.3) is 0 Å². The summed E-state index contributed by atoms with van der Waals surface area (Å²) in [5, 5.41) is 0. The van der Waals surface area contributed by atoms with E-state index >= 15 is 0 Å². The zero-order chi connectivity index (χ0) is 12.7. The van der Waals surface area contributed by atoms with E-state index in [-0.39, 0.29) is 12.8 Å². The first-order chi connectivity index (χ1) is 7.39. The minimum atomic E-state index is -3.25. The quantitative estimate of drug-likeness (QED) is 0.390. The molecule has 0 fully saturated rings. The van der Waals surface area contributed by atoms with Crippen molar-refractivity contribution in [3.63, 3.8) is 0 Å². The van der Waals surface area contributed by atoms with Crippen molar-refractivity contribution in [3.8, 4) is 24.7 Å². The third-order valence-corrected chi connectivity index (χ3v) is 3.73. The molecule has 0 aliphatic rings. The second kappa shape index (κ2) is 6.56. The number of rotatable bonds is 7. The Bertz CT molecular complexity index is 357. The number of hydrogen-bond donors (Lipinski definition) is 0. The van der Waals surface area contributed by atoms with Gasteiger partial charge in [0.15, 0.2) is 0 Å². The molecule has 1 unspecified atom stereocenters. The highest BCUT2D eigenvalue weighted by Crippen LogP contribution is 2.51. The van der Waals surface area contributed by atoms with Crippen LogP contribution < -0.4 is 0 Å². The van der Waals surface area contributed by atoms with Gasteiger partial charge in [-0.3, -0.25) is 13.6 Å². The van der Waals surface area contributed by atoms with Crippen molar-refractivity contribution < 1.29 is 13.6 Å². The van der Waals surface area contributed by atoms with Crippen molar-refractivity contribution in [3.05, 3.63) is 12.7 Å². The van der Waals surface area contributed by atoms with Crippen molar-refractivity contribution in [2.24, 2.45) is 0 Å². The van der Waals surface area contributed by atoms with E-state index < -0.39 is 13.2 Å². The summed E-state index contributed by atoms with van der Waals surface area (Å²) in [6.45, 7) is 6.78. The number of terminal acetylenes is 2. The maximum Gasteiger partial charge on any atom is 0.333 e. The summed E-state index contributed by atoms with van der Waals surface area (Å²) in [4.78, 5) is 0. The van der Waals surface area contributed by atoms with Crippen molar-refractivity contribution in [1.29, 1.82) is 0 Å². The molecule has 1 atom stereocenters. The Morgan fingerprint density at radius 3 is 2.56 bits per heavy atom. The zero-order valence-corrected chi connectivity index (χ0v) is 10.6. The average molecular weight is 240 g/mol. The SMILES string of the molecule is C#CCOP(=O)(CCC=C)OC(C)(C)C#C. The molecule has 0 aromatic rings. The molecule has 0 N–H and O–H groups in total. The molecule has 0 spiro atoms.